The van der Waals surface area contributed by atoms with E-state index >= 15 is 0 Å². The highest BCUT2D eigenvalue weighted by atomic mass is 16.3. The number of carbonyl (C=O) groups excluding carboxylic acids is 5. The Hall–Kier alpha value is -4.99. The quantitative estimate of drug-likeness (QED) is 0.0954. The fraction of sp³-hybridized carbons (Fsp3) is 0.824. The molecule has 3 aromatic carbocycles. The third-order valence-corrected chi connectivity index (χ3v) is 49.7. The van der Waals surface area contributed by atoms with Crippen LogP contribution < -0.4 is 5.32 Å². The van der Waals surface area contributed by atoms with E-state index in [1.807, 2.05) is 82.1 Å². The second-order valence-electron chi connectivity index (χ2n) is 57.7. The summed E-state index contributed by atoms with van der Waals surface area (Å²) in [6.07, 6.45) is 58.2. The number of carbonyl (C=O) groups is 5. The number of hydrogen-bond acceptors (Lipinski definition) is 10. The van der Waals surface area contributed by atoms with E-state index in [2.05, 4.69) is 119 Å². The van der Waals surface area contributed by atoms with Gasteiger partial charge in [-0.05, 0) is 548 Å². The van der Waals surface area contributed by atoms with Gasteiger partial charge in [0, 0.05) is 82.3 Å². The number of amides is 4. The lowest BCUT2D eigenvalue weighted by molar-refractivity contribution is -0.145. The van der Waals surface area contributed by atoms with Crippen LogP contribution in [0.1, 0.15) is 408 Å². The molecule has 6 N–H and O–H groups in total. The van der Waals surface area contributed by atoms with Crippen molar-refractivity contribution < 1.29 is 49.5 Å². The van der Waals surface area contributed by atoms with Crippen LogP contribution >= 0.6 is 0 Å². The molecular weight excluding hydrogens is 1790 g/mol. The number of hydrogen-bond donors (Lipinski definition) is 6. The molecule has 40 atom stereocenters. The van der Waals surface area contributed by atoms with Gasteiger partial charge in [0.15, 0.2) is 0 Å². The van der Waals surface area contributed by atoms with Crippen LogP contribution in [-0.4, -0.2) is 131 Å². The summed E-state index contributed by atoms with van der Waals surface area (Å²) in [6.45, 7) is 31.9. The first-order chi connectivity index (χ1) is 69.2. The van der Waals surface area contributed by atoms with Gasteiger partial charge in [0.1, 0.15) is 5.78 Å². The van der Waals surface area contributed by atoms with Gasteiger partial charge in [0.25, 0.3) is 0 Å². The lowest BCUT2D eigenvalue weighted by atomic mass is 9.49. The Bertz CT molecular complexity index is 4900. The molecule has 14 heteroatoms. The highest BCUT2D eigenvalue weighted by molar-refractivity contribution is 5.85. The maximum atomic E-state index is 13.6. The average molecular weight is 1990 g/mol. The molecule has 20 saturated carbocycles. The topological polar surface area (TPSA) is 208 Å². The normalized spacial score (nSPS) is 47.1. The van der Waals surface area contributed by atoms with Gasteiger partial charge in [-0.3, -0.25) is 24.0 Å². The number of ketones is 1. The molecule has 14 nitrogen and oxygen atoms in total. The van der Waals surface area contributed by atoms with Crippen molar-refractivity contribution in [1.82, 2.24) is 20.0 Å². The minimum atomic E-state index is -0.439. The summed E-state index contributed by atoms with van der Waals surface area (Å²) < 4.78 is 0. The Morgan fingerprint density at radius 2 is 0.586 bits per heavy atom. The third-order valence-electron chi connectivity index (χ3n) is 49.7. The first-order valence-electron chi connectivity index (χ1n) is 61.6. The lowest BCUT2D eigenvalue weighted by Gasteiger charge is -2.57. The SMILES string of the molecule is CCN(CC)C(=O)[C@H]1CC[C@H]2[C@@H]3CC[C@@H]4C[C@](C)(O)CC[C@@H]4[C@H]3CC[C@]12C.CN(Cc1ccccc1)C(=O)[C@H]1CC[C@H]2[C@@H]3CC[C@@H]4C[C@](C)(O)CC[C@@H]4[C@H]3CC[C@]12C.C[C@@]1(O)CC[C@H]2[C@H](CC[C@@H]3[C@@H]2CC[C@]2(C)[C@@H](C(=O)Cc4ccccc4)CC[C@@H]32)C1.C[C@@]1(O)CC[C@H]2[C@H](CC[C@@H]3[C@@H]2CC[C@]2(C)[C@@H](C(=O)N4CCCCC4)CC[C@@H]32)C1.C[C@@]1(O)CC[C@H]2[C@H](CC[C@@H]3[C@@H]2CC[C@]2(C)[C@@H](C(=O)NCc4ccccc4)CC[C@@H]32)C1. The van der Waals surface area contributed by atoms with E-state index in [0.29, 0.717) is 60.8 Å². The number of likely N-dealkylation sites (tertiary alicyclic amines) is 1. The van der Waals surface area contributed by atoms with Crippen molar-refractivity contribution in [2.45, 2.75) is 439 Å². The molecule has 0 spiro atoms. The number of benzene rings is 3. The summed E-state index contributed by atoms with van der Waals surface area (Å²) >= 11 is 0. The molecule has 0 bridgehead atoms. The molecule has 1 aliphatic heterocycles. The predicted molar refractivity (Wildman–Crippen MR) is 581 cm³/mol. The molecule has 145 heavy (non-hydrogen) atoms. The Morgan fingerprint density at radius 3 is 0.931 bits per heavy atom. The van der Waals surface area contributed by atoms with E-state index in [0.717, 1.165) is 259 Å². The van der Waals surface area contributed by atoms with Gasteiger partial charge in [-0.1, -0.05) is 126 Å². The molecule has 20 aliphatic carbocycles. The zero-order valence-corrected chi connectivity index (χ0v) is 93.0. The standard InChI is InChI=1S/C28H41NO2.C27H39NO2.C27H38O2.C25H41NO2.C24H41NO2/c1-27(31)15-13-21-20(17-27)9-10-23-22(21)14-16-28(2)24(23)11-12-25(28)26(30)29(3)18-19-7-5-4-6-8-19;1-26(30)14-12-20-19(16-26)8-9-22-21(20)13-15-27(2)23(22)10-11-24(27)25(29)28-17-18-6-4-3-5-7-18;1-26(29)14-12-20-19(17-26)8-9-22-21(20)13-15-27(2)23(22)10-11-24(27)25(28)16-18-6-4-3-5-7-18;1-24(28)12-10-18-17(16-24)6-7-20-19(18)11-13-25(2)21(20)8-9-22(25)23(27)26-14-4-3-5-15-26;1-5-25(6-2)22(26)21-10-9-20-19-8-7-16-15-23(3,27)13-11-17(16)18(19)12-14-24(20,21)4/h4-8,20-25,31H,9-18H2,1-3H3;3-7,19-24,30H,8-17H2,1-2H3,(H,28,29);3-7,19-24,29H,8-17H2,1-2H3;17-22,28H,3-16H2,1-2H3;16-21,27H,5-15H2,1-4H3/t20-,21+,22-,23-,24+,25-,27-,28+;2*19-,20+,21-,22-,23+,24-,26-,27+;17-,18+,19-,20-,21+,22-,24-,25+;16-,17+,18-,19-,20+,21-,23-,24+/m11111/s1. The van der Waals surface area contributed by atoms with Crippen LogP contribution in [0.25, 0.3) is 0 Å². The van der Waals surface area contributed by atoms with Crippen molar-refractivity contribution in [1.29, 1.82) is 0 Å². The molecule has 0 unspecified atom stereocenters. The van der Waals surface area contributed by atoms with Crippen LogP contribution in [0, 0.1) is 205 Å². The van der Waals surface area contributed by atoms with E-state index in [1.165, 1.54) is 229 Å². The zero-order valence-electron chi connectivity index (χ0n) is 93.0. The van der Waals surface area contributed by atoms with Gasteiger partial charge in [-0.15, -0.1) is 0 Å². The molecule has 0 radical (unpaired) electrons. The van der Waals surface area contributed by atoms with Crippen molar-refractivity contribution in [2.75, 3.05) is 33.2 Å². The second kappa shape index (κ2) is 42.7. The van der Waals surface area contributed by atoms with Gasteiger partial charge >= 0.3 is 0 Å². The smallest absolute Gasteiger partial charge is 0.226 e. The molecular formula is C131H200N4O10. The Kier molecular flexibility index (Phi) is 31.5. The molecule has 804 valence electrons. The minimum Gasteiger partial charge on any atom is -0.390 e. The summed E-state index contributed by atoms with van der Waals surface area (Å²) in [5.41, 5.74) is 2.48. The van der Waals surface area contributed by atoms with Gasteiger partial charge in [0.2, 0.25) is 23.6 Å². The first kappa shape index (κ1) is 107. The van der Waals surface area contributed by atoms with Gasteiger partial charge in [-0.2, -0.15) is 0 Å². The highest BCUT2D eigenvalue weighted by Gasteiger charge is 2.67. The monoisotopic (exact) mass is 1990 g/mol. The van der Waals surface area contributed by atoms with E-state index in [-0.39, 0.29) is 56.7 Å². The fourth-order valence-corrected chi connectivity index (χ4v) is 42.7. The van der Waals surface area contributed by atoms with Crippen molar-refractivity contribution in [3.63, 3.8) is 0 Å². The lowest BCUT2D eigenvalue weighted by Crippen LogP contribution is -2.52. The van der Waals surface area contributed by atoms with Gasteiger partial charge in [0.05, 0.1) is 28.0 Å². The number of nitrogens with one attached hydrogen (secondary N) is 1. The molecule has 1 heterocycles. The highest BCUT2D eigenvalue weighted by Crippen LogP contribution is 2.72. The van der Waals surface area contributed by atoms with Crippen molar-refractivity contribution in [2.24, 2.45) is 205 Å². The van der Waals surface area contributed by atoms with Crippen LogP contribution in [0.4, 0.5) is 0 Å². The maximum Gasteiger partial charge on any atom is 0.226 e. The largest absolute Gasteiger partial charge is 0.390 e. The summed E-state index contributed by atoms with van der Waals surface area (Å²) in [5, 5.41) is 56.2. The number of nitrogens with zero attached hydrogens (tertiary/aromatic N) is 3. The number of aliphatic hydroxyl groups is 5. The maximum absolute atomic E-state index is 13.6. The van der Waals surface area contributed by atoms with Crippen LogP contribution in [0.15, 0.2) is 91.0 Å². The van der Waals surface area contributed by atoms with Crippen LogP contribution in [0.2, 0.25) is 0 Å². The number of rotatable bonds is 13. The summed E-state index contributed by atoms with van der Waals surface area (Å²) in [5.74, 6) is 23.2. The minimum absolute atomic E-state index is 0.176. The van der Waals surface area contributed by atoms with E-state index in [9.17, 15) is 49.5 Å². The van der Waals surface area contributed by atoms with Crippen molar-refractivity contribution in [3.05, 3.63) is 108 Å². The van der Waals surface area contributed by atoms with Gasteiger partial charge in [-0.25, -0.2) is 0 Å². The van der Waals surface area contributed by atoms with E-state index < -0.39 is 28.0 Å². The Balaban J connectivity index is 0.000000110. The van der Waals surface area contributed by atoms with Crippen molar-refractivity contribution >= 4 is 29.4 Å². The average Bonchev–Trinajstić information content (AvgIpc) is 1.60. The Labute approximate surface area is 877 Å². The molecule has 21 aliphatic rings. The molecule has 24 rings (SSSR count). The number of fused-ring (bicyclic) bond motifs is 25. The second-order valence-corrected chi connectivity index (χ2v) is 57.7. The van der Waals surface area contributed by atoms with E-state index in [1.54, 1.807) is 0 Å². The summed E-state index contributed by atoms with van der Waals surface area (Å²) in [4.78, 5) is 73.0. The van der Waals surface area contributed by atoms with Gasteiger partial charge < -0.3 is 45.5 Å². The number of piperidine rings is 1. The van der Waals surface area contributed by atoms with Crippen molar-refractivity contribution in [3.8, 4) is 0 Å². The molecule has 4 amide bonds. The van der Waals surface area contributed by atoms with Crippen LogP contribution in [-0.2, 0) is 43.5 Å². The number of Topliss-reactive ketones (excluding diaryl/α,β-unsaturated/α-hetero) is 1. The molecule has 3 aromatic rings. The zero-order chi connectivity index (χ0) is 102. The molecule has 1 saturated heterocycles. The third kappa shape index (κ3) is 21.2. The van der Waals surface area contributed by atoms with Crippen LogP contribution in [0.3, 0.4) is 0 Å². The summed E-state index contributed by atoms with van der Waals surface area (Å²) in [6, 6.07) is 31.0. The fourth-order valence-electron chi connectivity index (χ4n) is 42.7. The predicted octanol–water partition coefficient (Wildman–Crippen LogP) is 26.7. The first-order valence-corrected chi connectivity index (χ1v) is 61.6. The summed E-state index contributed by atoms with van der Waals surface area (Å²) in [7, 11) is 2.00. The van der Waals surface area contributed by atoms with Crippen LogP contribution in [0.5, 0.6) is 0 Å². The molecule has 0 aromatic heterocycles. The molecule has 21 fully saturated rings. The Morgan fingerprint density at radius 1 is 0.303 bits per heavy atom. The van der Waals surface area contributed by atoms with E-state index in [4.69, 9.17) is 0 Å².